The van der Waals surface area contributed by atoms with Gasteiger partial charge in [-0.1, -0.05) is 128 Å². The maximum absolute atomic E-state index is 14.9. The maximum atomic E-state index is 14.9. The first-order valence-electron chi connectivity index (χ1n) is 25.4. The van der Waals surface area contributed by atoms with Crippen molar-refractivity contribution in [3.8, 4) is 12.3 Å². The highest BCUT2D eigenvalue weighted by molar-refractivity contribution is 7.74. The number of rotatable bonds is 10. The summed E-state index contributed by atoms with van der Waals surface area (Å²) >= 11 is 0. The first-order valence-corrected chi connectivity index (χ1v) is 28.3. The van der Waals surface area contributed by atoms with E-state index in [2.05, 4.69) is 18.1 Å². The largest absolute Gasteiger partial charge is 0.416 e. The van der Waals surface area contributed by atoms with Crippen molar-refractivity contribution in [2.45, 2.75) is 195 Å². The lowest BCUT2D eigenvalue weighted by atomic mass is 9.60. The van der Waals surface area contributed by atoms with Gasteiger partial charge in [0.05, 0.1) is 27.9 Å². The molecule has 378 valence electrons. The van der Waals surface area contributed by atoms with Gasteiger partial charge in [0.15, 0.2) is 0 Å². The number of hydrogen-bond donors (Lipinski definition) is 0. The van der Waals surface area contributed by atoms with Crippen molar-refractivity contribution in [1.29, 1.82) is 0 Å². The Labute approximate surface area is 402 Å². The summed E-state index contributed by atoms with van der Waals surface area (Å²) in [5, 5.41) is -0.0291. The Morgan fingerprint density at radius 1 is 0.478 bits per heavy atom. The van der Waals surface area contributed by atoms with Crippen LogP contribution in [0.25, 0.3) is 0 Å². The number of benzene rings is 3. The summed E-state index contributed by atoms with van der Waals surface area (Å²) in [5.74, 6) is 3.16. The van der Waals surface area contributed by atoms with E-state index in [4.69, 9.17) is 6.42 Å². The monoisotopic (exact) mass is 1010 g/mol. The number of terminal acetylenes is 1. The molecule has 5 aliphatic carbocycles. The average molecular weight is 1020 g/mol. The van der Waals surface area contributed by atoms with Crippen LogP contribution in [0, 0.1) is 35.5 Å². The lowest BCUT2D eigenvalue weighted by Gasteiger charge is -2.51. The van der Waals surface area contributed by atoms with Crippen molar-refractivity contribution < 1.29 is 52.7 Å². The van der Waals surface area contributed by atoms with Gasteiger partial charge in [-0.15, -0.1) is 6.42 Å². The van der Waals surface area contributed by atoms with Gasteiger partial charge >= 0.3 is 24.7 Å². The third-order valence-electron chi connectivity index (χ3n) is 17.0. The van der Waals surface area contributed by atoms with E-state index in [0.717, 1.165) is 121 Å². The molecule has 8 rings (SSSR count). The van der Waals surface area contributed by atoms with Crippen LogP contribution in [0.4, 0.5) is 52.7 Å². The van der Waals surface area contributed by atoms with Gasteiger partial charge in [0.1, 0.15) is 0 Å². The average Bonchev–Trinajstić information content (AvgIpc) is 4.00. The number of alkyl halides is 12. The fraction of sp³-hybridized carbons (Fsp3) is 0.636. The van der Waals surface area contributed by atoms with Crippen LogP contribution < -0.4 is 15.9 Å². The van der Waals surface area contributed by atoms with E-state index >= 15 is 0 Å². The van der Waals surface area contributed by atoms with Gasteiger partial charge in [-0.25, -0.2) is 0 Å². The normalized spacial score (nSPS) is 26.0. The molecule has 0 heterocycles. The van der Waals surface area contributed by atoms with Crippen LogP contribution in [0.2, 0.25) is 0 Å². The lowest BCUT2D eigenvalue weighted by molar-refractivity contribution is -0.144. The van der Waals surface area contributed by atoms with Crippen molar-refractivity contribution in [3.05, 3.63) is 88.5 Å². The number of halogens is 12. The molecule has 5 aliphatic rings. The van der Waals surface area contributed by atoms with Crippen LogP contribution in [0.5, 0.6) is 0 Å². The maximum Gasteiger partial charge on any atom is 0.416 e. The Hall–Kier alpha value is -2.76. The summed E-state index contributed by atoms with van der Waals surface area (Å²) in [6.45, 7) is 0. The summed E-state index contributed by atoms with van der Waals surface area (Å²) in [6.07, 6.45) is 7.37. The van der Waals surface area contributed by atoms with E-state index in [0.29, 0.717) is 79.5 Å². The predicted octanol–water partition coefficient (Wildman–Crippen LogP) is 17.7. The Morgan fingerprint density at radius 3 is 1.35 bits per heavy atom. The molecule has 0 N–H and O–H groups in total. The fourth-order valence-electron chi connectivity index (χ4n) is 14.0. The zero-order valence-electron chi connectivity index (χ0n) is 39.1. The summed E-state index contributed by atoms with van der Waals surface area (Å²) in [7, 11) is -3.74. The Balaban J connectivity index is 1.41. The minimum Gasteiger partial charge on any atom is -0.166 e. The van der Waals surface area contributed by atoms with Crippen LogP contribution >= 0.6 is 15.8 Å². The molecule has 0 aromatic heterocycles. The van der Waals surface area contributed by atoms with E-state index in [1.807, 2.05) is 12.1 Å². The van der Waals surface area contributed by atoms with Crippen LogP contribution in [-0.2, 0) is 24.7 Å². The van der Waals surface area contributed by atoms with E-state index in [1.54, 1.807) is 0 Å². The summed E-state index contributed by atoms with van der Waals surface area (Å²) in [4.78, 5) is 0. The van der Waals surface area contributed by atoms with Crippen molar-refractivity contribution in [2.75, 3.05) is 0 Å². The van der Waals surface area contributed by atoms with Crippen LogP contribution in [-0.4, -0.2) is 17.0 Å². The molecule has 5 atom stereocenters. The van der Waals surface area contributed by atoms with Gasteiger partial charge in [-0.3, -0.25) is 0 Å². The first-order chi connectivity index (χ1) is 32.7. The fourth-order valence-corrected chi connectivity index (χ4v) is 21.1. The molecule has 5 saturated carbocycles. The second-order valence-electron chi connectivity index (χ2n) is 20.9. The third kappa shape index (κ3) is 11.6. The van der Waals surface area contributed by atoms with Gasteiger partial charge in [0.2, 0.25) is 0 Å². The highest BCUT2D eigenvalue weighted by atomic mass is 31.1. The summed E-state index contributed by atoms with van der Waals surface area (Å²) in [6, 6.07) is 10.3. The van der Waals surface area contributed by atoms with Gasteiger partial charge in [0, 0.05) is 0 Å². The van der Waals surface area contributed by atoms with Crippen molar-refractivity contribution in [1.82, 2.24) is 0 Å². The minimum atomic E-state index is -5.34. The van der Waals surface area contributed by atoms with Gasteiger partial charge in [-0.05, 0) is 164 Å². The van der Waals surface area contributed by atoms with Gasteiger partial charge < -0.3 is 0 Å². The molecular formula is C55H64F12P2. The Bertz CT molecular complexity index is 2080. The van der Waals surface area contributed by atoms with Crippen molar-refractivity contribution in [2.24, 2.45) is 23.2 Å². The molecule has 5 fully saturated rings. The molecular weight excluding hydrogens is 951 g/mol. The smallest absolute Gasteiger partial charge is 0.166 e. The van der Waals surface area contributed by atoms with E-state index in [1.165, 1.54) is 5.30 Å². The van der Waals surface area contributed by atoms with Gasteiger partial charge in [-0.2, -0.15) is 52.7 Å². The highest BCUT2D eigenvalue weighted by Crippen LogP contribution is 2.67. The topological polar surface area (TPSA) is 0 Å². The first kappa shape index (κ1) is 52.6. The lowest BCUT2D eigenvalue weighted by Crippen LogP contribution is -2.47. The van der Waals surface area contributed by atoms with E-state index < -0.39 is 90.4 Å². The molecule has 0 nitrogen and oxygen atoms in total. The van der Waals surface area contributed by atoms with Crippen LogP contribution in [0.15, 0.2) is 60.7 Å². The third-order valence-corrected chi connectivity index (χ3v) is 23.3. The van der Waals surface area contributed by atoms with E-state index in [-0.39, 0.29) is 18.1 Å². The minimum absolute atomic E-state index is 0.0453. The standard InChI is InChI=1S/C55H64F12P2/c1-2-50(69(45-32-39(52(56,57)58)30-40(33-45)53(59,60)61)46-34-41(54(62,63)64)31-42(35-46)55(65,66)67)51(38-19-12-11-18-37(27-28-38)36-16-9-10-17-36)29-15-25-48(51)47-24-13-14-26-49(47)68(43-20-5-3-6-21-43)44-22-7-4-8-23-44/h1,13-14,24,26,30-38,43-44,48,50H,3-12,15-23,25,27-29H2. The molecule has 0 spiro atoms. The molecule has 3 aromatic carbocycles. The molecule has 0 bridgehead atoms. The predicted molar refractivity (Wildman–Crippen MR) is 254 cm³/mol. The summed E-state index contributed by atoms with van der Waals surface area (Å²) < 4.78 is 178. The zero-order chi connectivity index (χ0) is 49.4. The Morgan fingerprint density at radius 2 is 0.899 bits per heavy atom. The second kappa shape index (κ2) is 21.4. The molecule has 3 aromatic rings. The van der Waals surface area contributed by atoms with Crippen molar-refractivity contribution >= 4 is 31.8 Å². The molecule has 69 heavy (non-hydrogen) atoms. The zero-order valence-corrected chi connectivity index (χ0v) is 40.9. The summed E-state index contributed by atoms with van der Waals surface area (Å²) in [5.41, 5.74) is -7.26. The van der Waals surface area contributed by atoms with Crippen molar-refractivity contribution in [3.63, 3.8) is 0 Å². The molecule has 0 amide bonds. The number of hydrogen-bond acceptors (Lipinski definition) is 0. The van der Waals surface area contributed by atoms with Gasteiger partial charge in [0.25, 0.3) is 0 Å². The molecule has 5 unspecified atom stereocenters. The quantitative estimate of drug-likeness (QED) is 0.108. The SMILES string of the molecule is C#CC(P(c1cc(C(F)(F)F)cc(C(F)(F)F)c1)c1cc(C(F)(F)F)cc(C(F)(F)F)c1)C1(C2CCCCC(C3CCCC3)CC2)CCCC1c1ccccc1P(C1CCCCC1)C1CCCCC1. The van der Waals surface area contributed by atoms with Crippen LogP contribution in [0.3, 0.4) is 0 Å². The highest BCUT2D eigenvalue weighted by Gasteiger charge is 2.57. The molecule has 14 heteroatoms. The second-order valence-corrected chi connectivity index (χ2v) is 26.0. The molecule has 0 radical (unpaired) electrons. The molecule has 0 aliphatic heterocycles. The van der Waals surface area contributed by atoms with Crippen LogP contribution in [0.1, 0.15) is 181 Å². The van der Waals surface area contributed by atoms with E-state index in [9.17, 15) is 52.7 Å². The molecule has 0 saturated heterocycles. The Kier molecular flexibility index (Phi) is 16.3.